The van der Waals surface area contributed by atoms with Crippen molar-refractivity contribution in [1.29, 1.82) is 0 Å². The molecule has 18 heavy (non-hydrogen) atoms. The van der Waals surface area contributed by atoms with Gasteiger partial charge in [-0.05, 0) is 46.7 Å². The number of carboxylic acids is 1. The summed E-state index contributed by atoms with van der Waals surface area (Å²) in [6, 6.07) is 3.67. The zero-order valence-electron chi connectivity index (χ0n) is 9.72. The predicted octanol–water partition coefficient (Wildman–Crippen LogP) is 2.74. The van der Waals surface area contributed by atoms with Crippen molar-refractivity contribution in [3.63, 3.8) is 0 Å². The molecule has 0 saturated heterocycles. The third kappa shape index (κ3) is 2.41. The Hall–Kier alpha value is -1.34. The van der Waals surface area contributed by atoms with Crippen molar-refractivity contribution in [2.75, 3.05) is 0 Å². The Bertz CT molecular complexity index is 612. The van der Waals surface area contributed by atoms with Crippen LogP contribution in [0.2, 0.25) is 0 Å². The largest absolute Gasteiger partial charge is 0.478 e. The topological polar surface area (TPSA) is 68.0 Å². The molecular formula is C11H10BrN3O2S. The predicted molar refractivity (Wildman–Crippen MR) is 71.0 cm³/mol. The number of aryl methyl sites for hydroxylation is 2. The summed E-state index contributed by atoms with van der Waals surface area (Å²) in [7, 11) is 1.72. The second-order valence-electron chi connectivity index (χ2n) is 3.59. The molecule has 0 amide bonds. The van der Waals surface area contributed by atoms with Crippen molar-refractivity contribution in [2.24, 2.45) is 7.05 Å². The van der Waals surface area contributed by atoms with Crippen LogP contribution in [0.1, 0.15) is 16.1 Å². The molecule has 1 N–H and O–H groups in total. The van der Waals surface area contributed by atoms with Gasteiger partial charge in [-0.3, -0.25) is 4.68 Å². The Kier molecular flexibility index (Phi) is 3.72. The Morgan fingerprint density at radius 1 is 1.56 bits per heavy atom. The zero-order chi connectivity index (χ0) is 13.3. The summed E-state index contributed by atoms with van der Waals surface area (Å²) >= 11 is 4.66. The number of aromatic carboxylic acids is 1. The van der Waals surface area contributed by atoms with Gasteiger partial charge in [-0.15, -0.1) is 0 Å². The highest BCUT2D eigenvalue weighted by molar-refractivity contribution is 9.10. The summed E-state index contributed by atoms with van der Waals surface area (Å²) in [6.07, 6.45) is 1.66. The summed E-state index contributed by atoms with van der Waals surface area (Å²) in [6.45, 7) is 1.68. The van der Waals surface area contributed by atoms with Crippen molar-refractivity contribution in [2.45, 2.75) is 17.0 Å². The molecule has 0 aliphatic rings. The van der Waals surface area contributed by atoms with Gasteiger partial charge >= 0.3 is 5.97 Å². The summed E-state index contributed by atoms with van der Waals surface area (Å²) in [5.74, 6) is -0.977. The molecule has 0 unspecified atom stereocenters. The van der Waals surface area contributed by atoms with Gasteiger partial charge in [-0.25, -0.2) is 9.78 Å². The van der Waals surface area contributed by atoms with Gasteiger partial charge in [0.05, 0.1) is 10.2 Å². The van der Waals surface area contributed by atoms with Gasteiger partial charge in [0.2, 0.25) is 0 Å². The molecule has 2 aromatic heterocycles. The van der Waals surface area contributed by atoms with Gasteiger partial charge in [-0.1, -0.05) is 0 Å². The molecule has 0 atom stereocenters. The van der Waals surface area contributed by atoms with Gasteiger partial charge < -0.3 is 5.11 Å². The number of nitrogens with zero attached hydrogens (tertiary/aromatic N) is 3. The quantitative estimate of drug-likeness (QED) is 0.938. The lowest BCUT2D eigenvalue weighted by Gasteiger charge is -2.04. The third-order valence-corrected chi connectivity index (χ3v) is 4.38. The monoisotopic (exact) mass is 327 g/mol. The van der Waals surface area contributed by atoms with E-state index < -0.39 is 5.97 Å². The number of halogens is 1. The van der Waals surface area contributed by atoms with E-state index in [-0.39, 0.29) is 5.56 Å². The van der Waals surface area contributed by atoms with Crippen LogP contribution < -0.4 is 0 Å². The van der Waals surface area contributed by atoms with E-state index in [0.717, 1.165) is 4.47 Å². The molecule has 0 radical (unpaired) electrons. The first kappa shape index (κ1) is 13.1. The van der Waals surface area contributed by atoms with E-state index >= 15 is 0 Å². The minimum absolute atomic E-state index is 0.222. The zero-order valence-corrected chi connectivity index (χ0v) is 12.1. The molecule has 94 valence electrons. The van der Waals surface area contributed by atoms with Crippen LogP contribution in [0.5, 0.6) is 0 Å². The normalized spacial score (nSPS) is 10.6. The number of pyridine rings is 1. The van der Waals surface area contributed by atoms with Crippen LogP contribution in [0.4, 0.5) is 0 Å². The van der Waals surface area contributed by atoms with Crippen LogP contribution in [0, 0.1) is 6.92 Å². The first-order valence-corrected chi connectivity index (χ1v) is 6.67. The number of carboxylic acid groups (broad SMARTS) is 1. The van der Waals surface area contributed by atoms with Crippen molar-refractivity contribution in [3.8, 4) is 0 Å². The number of hydrogen-bond donors (Lipinski definition) is 1. The lowest BCUT2D eigenvalue weighted by molar-refractivity contribution is 0.0692. The van der Waals surface area contributed by atoms with Crippen LogP contribution in [0.3, 0.4) is 0 Å². The van der Waals surface area contributed by atoms with Gasteiger partial charge in [0.25, 0.3) is 0 Å². The first-order chi connectivity index (χ1) is 8.50. The molecule has 0 fully saturated rings. The van der Waals surface area contributed by atoms with Crippen LogP contribution in [0.25, 0.3) is 0 Å². The molecule has 0 aliphatic heterocycles. The van der Waals surface area contributed by atoms with E-state index in [2.05, 4.69) is 26.0 Å². The minimum Gasteiger partial charge on any atom is -0.478 e. The summed E-state index contributed by atoms with van der Waals surface area (Å²) in [5.41, 5.74) is 0.722. The van der Waals surface area contributed by atoms with Gasteiger partial charge in [0.1, 0.15) is 15.6 Å². The van der Waals surface area contributed by atoms with Crippen LogP contribution >= 0.6 is 27.7 Å². The van der Waals surface area contributed by atoms with Crippen molar-refractivity contribution in [3.05, 3.63) is 34.1 Å². The molecule has 5 nitrogen and oxygen atoms in total. The average molecular weight is 328 g/mol. The molecule has 0 aliphatic carbocycles. The van der Waals surface area contributed by atoms with E-state index in [0.29, 0.717) is 15.7 Å². The fourth-order valence-electron chi connectivity index (χ4n) is 1.54. The van der Waals surface area contributed by atoms with Crippen molar-refractivity contribution in [1.82, 2.24) is 14.8 Å². The Labute approximate surface area is 116 Å². The maximum Gasteiger partial charge on any atom is 0.340 e. The Balaban J connectivity index is 2.47. The fraction of sp³-hybridized carbons (Fsp3) is 0.182. The fourth-order valence-corrected chi connectivity index (χ4v) is 3.01. The molecule has 7 heteroatoms. The van der Waals surface area contributed by atoms with Gasteiger partial charge in [-0.2, -0.15) is 5.10 Å². The van der Waals surface area contributed by atoms with Gasteiger partial charge in [0, 0.05) is 13.2 Å². The van der Waals surface area contributed by atoms with Crippen molar-refractivity contribution >= 4 is 33.7 Å². The number of rotatable bonds is 3. The second-order valence-corrected chi connectivity index (χ2v) is 5.42. The maximum absolute atomic E-state index is 11.2. The van der Waals surface area contributed by atoms with Crippen LogP contribution in [-0.4, -0.2) is 25.8 Å². The van der Waals surface area contributed by atoms with Crippen LogP contribution in [-0.2, 0) is 7.05 Å². The molecule has 2 aromatic rings. The summed E-state index contributed by atoms with van der Waals surface area (Å²) < 4.78 is 2.38. The molecular weight excluding hydrogens is 318 g/mol. The van der Waals surface area contributed by atoms with Crippen molar-refractivity contribution < 1.29 is 9.90 Å². The van der Waals surface area contributed by atoms with Gasteiger partial charge in [0.15, 0.2) is 0 Å². The first-order valence-electron chi connectivity index (χ1n) is 5.06. The molecule has 0 bridgehead atoms. The van der Waals surface area contributed by atoms with E-state index in [1.165, 1.54) is 11.8 Å². The lowest BCUT2D eigenvalue weighted by Crippen LogP contribution is -2.00. The van der Waals surface area contributed by atoms with E-state index in [4.69, 9.17) is 0 Å². The highest BCUT2D eigenvalue weighted by Crippen LogP contribution is 2.34. The SMILES string of the molecule is Cc1nn(C)c(Sc2ncccc2Br)c1C(=O)O. The highest BCUT2D eigenvalue weighted by atomic mass is 79.9. The Morgan fingerprint density at radius 2 is 2.28 bits per heavy atom. The number of aromatic nitrogens is 3. The maximum atomic E-state index is 11.2. The minimum atomic E-state index is -0.977. The Morgan fingerprint density at radius 3 is 2.89 bits per heavy atom. The molecule has 0 aromatic carbocycles. The number of carbonyl (C=O) groups is 1. The van der Waals surface area contributed by atoms with E-state index in [1.807, 2.05) is 6.07 Å². The number of hydrogen-bond acceptors (Lipinski definition) is 4. The average Bonchev–Trinajstić information content (AvgIpc) is 2.57. The molecule has 2 rings (SSSR count). The summed E-state index contributed by atoms with van der Waals surface area (Å²) in [5, 5.41) is 14.6. The van der Waals surface area contributed by atoms with E-state index in [1.54, 1.807) is 30.9 Å². The van der Waals surface area contributed by atoms with Crippen LogP contribution in [0.15, 0.2) is 32.9 Å². The third-order valence-electron chi connectivity index (χ3n) is 2.30. The molecule has 0 spiro atoms. The smallest absolute Gasteiger partial charge is 0.340 e. The summed E-state index contributed by atoms with van der Waals surface area (Å²) in [4.78, 5) is 15.4. The highest BCUT2D eigenvalue weighted by Gasteiger charge is 2.21. The molecule has 0 saturated carbocycles. The lowest BCUT2D eigenvalue weighted by atomic mass is 10.3. The second kappa shape index (κ2) is 5.11. The molecule has 2 heterocycles. The standard InChI is InChI=1S/C11H10BrN3O2S/c1-6-8(11(16)17)10(15(2)14-6)18-9-7(12)4-3-5-13-9/h3-5H,1-2H3,(H,16,17). The van der Waals surface area contributed by atoms with E-state index in [9.17, 15) is 9.90 Å².